The highest BCUT2D eigenvalue weighted by atomic mass is 32.1. The molecule has 1 heterocycles. The molecule has 1 aromatic rings. The Kier molecular flexibility index (Phi) is 1.38. The number of hydrogen-bond acceptors (Lipinski definition) is 4. The summed E-state index contributed by atoms with van der Waals surface area (Å²) < 4.78 is 3.70. The fourth-order valence-corrected chi connectivity index (χ4v) is 2.12. The summed E-state index contributed by atoms with van der Waals surface area (Å²) in [5, 5.41) is 12.6. The molecule has 1 N–H and O–H groups in total. The summed E-state index contributed by atoms with van der Waals surface area (Å²) in [6, 6.07) is 0. The van der Waals surface area contributed by atoms with E-state index in [0.29, 0.717) is 6.42 Å². The van der Waals surface area contributed by atoms with Crippen LogP contribution in [0.2, 0.25) is 0 Å². The minimum Gasteiger partial charge on any atom is -0.481 e. The zero-order valence-electron chi connectivity index (χ0n) is 5.65. The van der Waals surface area contributed by atoms with Crippen molar-refractivity contribution in [1.82, 2.24) is 9.59 Å². The van der Waals surface area contributed by atoms with Crippen LogP contribution < -0.4 is 0 Å². The van der Waals surface area contributed by atoms with Crippen LogP contribution in [0.25, 0.3) is 0 Å². The molecule has 0 spiro atoms. The van der Waals surface area contributed by atoms with Gasteiger partial charge in [-0.3, -0.25) is 4.79 Å². The van der Waals surface area contributed by atoms with Crippen molar-refractivity contribution in [1.29, 1.82) is 0 Å². The van der Waals surface area contributed by atoms with E-state index < -0.39 is 5.97 Å². The zero-order valence-corrected chi connectivity index (χ0v) is 6.47. The van der Waals surface area contributed by atoms with Gasteiger partial charge in [-0.25, -0.2) is 0 Å². The molecule has 0 aromatic carbocycles. The molecule has 0 saturated carbocycles. The van der Waals surface area contributed by atoms with Gasteiger partial charge in [-0.2, -0.15) is 0 Å². The van der Waals surface area contributed by atoms with Crippen molar-refractivity contribution in [3.8, 4) is 0 Å². The Balaban J connectivity index is 2.38. The monoisotopic (exact) mass is 170 g/mol. The maximum atomic E-state index is 10.6. The summed E-state index contributed by atoms with van der Waals surface area (Å²) in [7, 11) is 0. The van der Waals surface area contributed by atoms with Gasteiger partial charge < -0.3 is 5.11 Å². The summed E-state index contributed by atoms with van der Waals surface area (Å²) >= 11 is 1.21. The van der Waals surface area contributed by atoms with Crippen molar-refractivity contribution >= 4 is 17.5 Å². The second kappa shape index (κ2) is 2.27. The lowest BCUT2D eigenvalue weighted by molar-refractivity contribution is -0.138. The van der Waals surface area contributed by atoms with Gasteiger partial charge in [-0.05, 0) is 24.4 Å². The number of hydrogen-bond donors (Lipinski definition) is 1. The maximum absolute atomic E-state index is 10.6. The standard InChI is InChI=1S/C6H6N2O2S/c9-6(10)3-1-2-4-5(3)11-8-7-4/h3H,1-2H2,(H,9,10). The van der Waals surface area contributed by atoms with Crippen LogP contribution in [-0.2, 0) is 11.2 Å². The first-order valence-corrected chi connectivity index (χ1v) is 4.10. The van der Waals surface area contributed by atoms with Gasteiger partial charge in [0.05, 0.1) is 16.5 Å². The van der Waals surface area contributed by atoms with E-state index in [-0.39, 0.29) is 5.92 Å². The molecule has 0 radical (unpaired) electrons. The van der Waals surface area contributed by atoms with Gasteiger partial charge in [0.15, 0.2) is 0 Å². The third kappa shape index (κ3) is 0.920. The van der Waals surface area contributed by atoms with Crippen molar-refractivity contribution in [2.75, 3.05) is 0 Å². The number of aliphatic carboxylic acids is 1. The number of carboxylic acids is 1. The molecule has 0 fully saturated rings. The molecule has 1 aliphatic carbocycles. The fourth-order valence-electron chi connectivity index (χ4n) is 1.30. The molecule has 4 nitrogen and oxygen atoms in total. The molecule has 0 saturated heterocycles. The molecule has 1 unspecified atom stereocenters. The van der Waals surface area contributed by atoms with E-state index in [1.807, 2.05) is 0 Å². The van der Waals surface area contributed by atoms with E-state index in [2.05, 4.69) is 9.59 Å². The van der Waals surface area contributed by atoms with Gasteiger partial charge in [0, 0.05) is 0 Å². The van der Waals surface area contributed by atoms with Crippen LogP contribution >= 0.6 is 11.5 Å². The summed E-state index contributed by atoms with van der Waals surface area (Å²) in [4.78, 5) is 11.5. The van der Waals surface area contributed by atoms with E-state index >= 15 is 0 Å². The van der Waals surface area contributed by atoms with Crippen LogP contribution in [0.4, 0.5) is 0 Å². The van der Waals surface area contributed by atoms with Crippen molar-refractivity contribution in [2.24, 2.45) is 0 Å². The first kappa shape index (κ1) is 6.72. The van der Waals surface area contributed by atoms with Crippen LogP contribution in [0.1, 0.15) is 22.9 Å². The van der Waals surface area contributed by atoms with E-state index in [1.165, 1.54) is 11.5 Å². The Hall–Kier alpha value is -0.970. The molecular formula is C6H6N2O2S. The summed E-state index contributed by atoms with van der Waals surface area (Å²) in [6.07, 6.45) is 1.45. The minimum atomic E-state index is -0.755. The van der Waals surface area contributed by atoms with Gasteiger partial charge in [0.1, 0.15) is 0 Å². The van der Waals surface area contributed by atoms with Gasteiger partial charge >= 0.3 is 5.97 Å². The molecule has 0 aliphatic heterocycles. The number of rotatable bonds is 1. The van der Waals surface area contributed by atoms with Crippen molar-refractivity contribution in [3.63, 3.8) is 0 Å². The first-order chi connectivity index (χ1) is 5.29. The fraction of sp³-hybridized carbons (Fsp3) is 0.500. The van der Waals surface area contributed by atoms with Gasteiger partial charge in [0.2, 0.25) is 0 Å². The second-order valence-corrected chi connectivity index (χ2v) is 3.30. The highest BCUT2D eigenvalue weighted by molar-refractivity contribution is 7.05. The third-order valence-electron chi connectivity index (χ3n) is 1.87. The second-order valence-electron chi connectivity index (χ2n) is 2.51. The van der Waals surface area contributed by atoms with Crippen LogP contribution in [-0.4, -0.2) is 20.7 Å². The predicted molar refractivity (Wildman–Crippen MR) is 38.6 cm³/mol. The Bertz CT molecular complexity index is 297. The molecule has 1 aliphatic rings. The Morgan fingerprint density at radius 1 is 1.73 bits per heavy atom. The van der Waals surface area contributed by atoms with E-state index in [9.17, 15) is 4.79 Å². The van der Waals surface area contributed by atoms with Crippen LogP contribution in [0, 0.1) is 0 Å². The normalized spacial score (nSPS) is 21.6. The minimum absolute atomic E-state index is 0.343. The van der Waals surface area contributed by atoms with Crippen molar-refractivity contribution in [2.45, 2.75) is 18.8 Å². The lowest BCUT2D eigenvalue weighted by Gasteiger charge is -1.98. The van der Waals surface area contributed by atoms with E-state index in [1.54, 1.807) is 0 Å². The molecule has 0 bridgehead atoms. The zero-order chi connectivity index (χ0) is 7.84. The van der Waals surface area contributed by atoms with Crippen molar-refractivity contribution < 1.29 is 9.90 Å². The van der Waals surface area contributed by atoms with Gasteiger partial charge in [-0.1, -0.05) is 4.49 Å². The highest BCUT2D eigenvalue weighted by Crippen LogP contribution is 2.33. The lowest BCUT2D eigenvalue weighted by Crippen LogP contribution is -2.06. The number of aromatic nitrogens is 2. The molecule has 1 atom stereocenters. The topological polar surface area (TPSA) is 63.1 Å². The SMILES string of the molecule is O=C(O)C1CCc2nnsc21. The number of fused-ring (bicyclic) bond motifs is 1. The maximum Gasteiger partial charge on any atom is 0.311 e. The molecule has 5 heteroatoms. The largest absolute Gasteiger partial charge is 0.481 e. The Morgan fingerprint density at radius 2 is 2.55 bits per heavy atom. The van der Waals surface area contributed by atoms with Crippen molar-refractivity contribution in [3.05, 3.63) is 10.6 Å². The number of nitrogens with zero attached hydrogens (tertiary/aromatic N) is 2. The van der Waals surface area contributed by atoms with Crippen LogP contribution in [0.3, 0.4) is 0 Å². The predicted octanol–water partition coefficient (Wildman–Crippen LogP) is 0.653. The van der Waals surface area contributed by atoms with Gasteiger partial charge in [-0.15, -0.1) is 5.10 Å². The summed E-state index contributed by atoms with van der Waals surface area (Å²) in [6.45, 7) is 0. The highest BCUT2D eigenvalue weighted by Gasteiger charge is 2.31. The van der Waals surface area contributed by atoms with Gasteiger partial charge in [0.25, 0.3) is 0 Å². The molecule has 0 amide bonds. The molecule has 1 aromatic heterocycles. The number of carbonyl (C=O) groups is 1. The third-order valence-corrected chi connectivity index (χ3v) is 2.75. The summed E-state index contributed by atoms with van der Waals surface area (Å²) in [5.41, 5.74) is 0.877. The Labute approximate surface area is 67.0 Å². The van der Waals surface area contributed by atoms with E-state index in [4.69, 9.17) is 5.11 Å². The quantitative estimate of drug-likeness (QED) is 0.672. The Morgan fingerprint density at radius 3 is 3.27 bits per heavy atom. The number of aryl methyl sites for hydroxylation is 1. The average Bonchev–Trinajstić information content (AvgIpc) is 2.41. The number of carboxylic acid groups (broad SMARTS) is 1. The summed E-state index contributed by atoms with van der Waals surface area (Å²) in [5.74, 6) is -1.10. The molecular weight excluding hydrogens is 164 g/mol. The smallest absolute Gasteiger partial charge is 0.311 e. The molecule has 58 valence electrons. The van der Waals surface area contributed by atoms with E-state index in [0.717, 1.165) is 17.0 Å². The molecule has 2 rings (SSSR count). The first-order valence-electron chi connectivity index (χ1n) is 3.33. The molecule has 11 heavy (non-hydrogen) atoms. The lowest BCUT2D eigenvalue weighted by atomic mass is 10.1. The van der Waals surface area contributed by atoms with Crippen LogP contribution in [0.15, 0.2) is 0 Å². The average molecular weight is 170 g/mol. The van der Waals surface area contributed by atoms with Crippen LogP contribution in [0.5, 0.6) is 0 Å².